The van der Waals surface area contributed by atoms with Crippen LogP contribution < -0.4 is 0 Å². The van der Waals surface area contributed by atoms with Gasteiger partial charge in [0, 0.05) is 24.4 Å². The highest BCUT2D eigenvalue weighted by atomic mass is 19.1. The maximum atomic E-state index is 13.5. The molecule has 2 heterocycles. The van der Waals surface area contributed by atoms with Crippen molar-refractivity contribution in [3.63, 3.8) is 0 Å². The maximum Gasteiger partial charge on any atom is 0.258 e. The molecule has 0 aromatic carbocycles. The van der Waals surface area contributed by atoms with E-state index in [0.717, 1.165) is 17.1 Å². The molecular formula is C23H28FN5O. The number of rotatable bonds is 9. The van der Waals surface area contributed by atoms with Gasteiger partial charge in [0.2, 0.25) is 0 Å². The van der Waals surface area contributed by atoms with E-state index in [1.165, 1.54) is 11.8 Å². The van der Waals surface area contributed by atoms with Crippen molar-refractivity contribution in [1.29, 1.82) is 0 Å². The summed E-state index contributed by atoms with van der Waals surface area (Å²) in [4.78, 5) is 18.5. The summed E-state index contributed by atoms with van der Waals surface area (Å²) >= 11 is 0. The van der Waals surface area contributed by atoms with E-state index < -0.39 is 6.17 Å². The van der Waals surface area contributed by atoms with Gasteiger partial charge in [-0.05, 0) is 45.4 Å². The van der Waals surface area contributed by atoms with Gasteiger partial charge >= 0.3 is 0 Å². The molecule has 30 heavy (non-hydrogen) atoms. The van der Waals surface area contributed by atoms with Crippen LogP contribution in [0, 0.1) is 6.92 Å². The monoisotopic (exact) mass is 409 g/mol. The van der Waals surface area contributed by atoms with Crippen molar-refractivity contribution in [2.45, 2.75) is 40.3 Å². The molecule has 1 atom stereocenters. The van der Waals surface area contributed by atoms with Gasteiger partial charge in [-0.15, -0.1) is 5.10 Å². The van der Waals surface area contributed by atoms with Gasteiger partial charge in [0.25, 0.3) is 5.91 Å². The van der Waals surface area contributed by atoms with E-state index >= 15 is 0 Å². The van der Waals surface area contributed by atoms with Crippen molar-refractivity contribution < 1.29 is 9.18 Å². The normalized spacial score (nSPS) is 13.5. The van der Waals surface area contributed by atoms with Crippen molar-refractivity contribution in [1.82, 2.24) is 24.9 Å². The number of carbonyl (C=O) groups excluding carboxylic acids is 1. The van der Waals surface area contributed by atoms with E-state index in [0.29, 0.717) is 17.6 Å². The van der Waals surface area contributed by atoms with Crippen molar-refractivity contribution in [2.75, 3.05) is 6.54 Å². The van der Waals surface area contributed by atoms with Crippen LogP contribution >= 0.6 is 0 Å². The molecule has 0 N–H and O–H groups in total. The number of hydrogen-bond acceptors (Lipinski definition) is 4. The van der Waals surface area contributed by atoms with Crippen molar-refractivity contribution >= 4 is 5.91 Å². The Hall–Kier alpha value is -3.35. The SMILES string of the molecule is C=C/C(C)=C(\C=C/Cc1nnn(-c2cccnc2)c1C)C(=O)N(/C=C\C)CC(C)F. The van der Waals surface area contributed by atoms with Gasteiger partial charge in [0.05, 0.1) is 29.8 Å². The average molecular weight is 410 g/mol. The molecule has 1 amide bonds. The predicted molar refractivity (Wildman–Crippen MR) is 117 cm³/mol. The Bertz CT molecular complexity index is 957. The van der Waals surface area contributed by atoms with Crippen LogP contribution in [-0.2, 0) is 11.2 Å². The van der Waals surface area contributed by atoms with Gasteiger partial charge in [-0.1, -0.05) is 36.1 Å². The second kappa shape index (κ2) is 11.0. The van der Waals surface area contributed by atoms with Crippen LogP contribution in [0.25, 0.3) is 5.69 Å². The van der Waals surface area contributed by atoms with E-state index in [-0.39, 0.29) is 12.5 Å². The Kier molecular flexibility index (Phi) is 8.41. The Morgan fingerprint density at radius 2 is 2.20 bits per heavy atom. The lowest BCUT2D eigenvalue weighted by atomic mass is 10.1. The van der Waals surface area contributed by atoms with Crippen molar-refractivity contribution in [2.24, 2.45) is 0 Å². The lowest BCUT2D eigenvalue weighted by Gasteiger charge is -2.20. The maximum absolute atomic E-state index is 13.5. The molecule has 1 unspecified atom stereocenters. The van der Waals surface area contributed by atoms with E-state index in [2.05, 4.69) is 21.9 Å². The molecule has 0 aliphatic carbocycles. The molecule has 2 rings (SSSR count). The Balaban J connectivity index is 2.23. The first-order valence-electron chi connectivity index (χ1n) is 9.78. The summed E-state index contributed by atoms with van der Waals surface area (Å²) in [7, 11) is 0. The van der Waals surface area contributed by atoms with Crippen LogP contribution in [0.2, 0.25) is 0 Å². The van der Waals surface area contributed by atoms with Gasteiger partial charge in [-0.3, -0.25) is 9.78 Å². The first kappa shape index (κ1) is 22.9. The Morgan fingerprint density at radius 1 is 1.43 bits per heavy atom. The van der Waals surface area contributed by atoms with E-state index in [1.54, 1.807) is 55.4 Å². The van der Waals surface area contributed by atoms with E-state index in [1.807, 2.05) is 25.1 Å². The molecule has 0 aliphatic rings. The minimum atomic E-state index is -1.13. The Morgan fingerprint density at radius 3 is 2.80 bits per heavy atom. The third-order valence-electron chi connectivity index (χ3n) is 4.48. The molecule has 0 bridgehead atoms. The van der Waals surface area contributed by atoms with Gasteiger partial charge in [0.1, 0.15) is 6.17 Å². The highest BCUT2D eigenvalue weighted by molar-refractivity contribution is 5.98. The number of hydrogen-bond donors (Lipinski definition) is 0. The molecule has 0 saturated heterocycles. The second-order valence-corrected chi connectivity index (χ2v) is 6.87. The lowest BCUT2D eigenvalue weighted by molar-refractivity contribution is -0.125. The number of amides is 1. The fourth-order valence-corrected chi connectivity index (χ4v) is 2.86. The molecule has 0 aliphatic heterocycles. The lowest BCUT2D eigenvalue weighted by Crippen LogP contribution is -2.32. The van der Waals surface area contributed by atoms with E-state index in [4.69, 9.17) is 0 Å². The van der Waals surface area contributed by atoms with Crippen LogP contribution in [0.5, 0.6) is 0 Å². The highest BCUT2D eigenvalue weighted by Crippen LogP contribution is 2.15. The first-order valence-corrected chi connectivity index (χ1v) is 9.78. The minimum Gasteiger partial charge on any atom is -0.312 e. The van der Waals surface area contributed by atoms with Crippen LogP contribution in [0.15, 0.2) is 72.8 Å². The fraction of sp³-hybridized carbons (Fsp3) is 0.304. The third kappa shape index (κ3) is 5.83. The smallest absolute Gasteiger partial charge is 0.258 e. The summed E-state index contributed by atoms with van der Waals surface area (Å²) < 4.78 is 15.3. The predicted octanol–water partition coefficient (Wildman–Crippen LogP) is 4.29. The van der Waals surface area contributed by atoms with Crippen LogP contribution in [0.4, 0.5) is 4.39 Å². The standard InChI is InChI=1S/C23H28FN5O/c1-6-14-28(16-18(4)24)23(30)21(17(3)7-2)11-8-12-22-19(5)29(27-26-22)20-10-9-13-25-15-20/h6-11,13-15,18H,2,12,16H2,1,3-5H3/b11-8-,14-6-,21-17+. The van der Waals surface area contributed by atoms with Gasteiger partial charge in [0.15, 0.2) is 0 Å². The number of nitrogens with zero attached hydrogens (tertiary/aromatic N) is 5. The quantitative estimate of drug-likeness (QED) is 0.458. The number of allylic oxidation sites excluding steroid dienone is 4. The summed E-state index contributed by atoms with van der Waals surface area (Å²) in [5, 5.41) is 8.44. The highest BCUT2D eigenvalue weighted by Gasteiger charge is 2.18. The molecule has 6 nitrogen and oxygen atoms in total. The van der Waals surface area contributed by atoms with Gasteiger partial charge in [-0.25, -0.2) is 9.07 Å². The van der Waals surface area contributed by atoms with Gasteiger partial charge < -0.3 is 4.90 Å². The largest absolute Gasteiger partial charge is 0.312 e. The molecule has 7 heteroatoms. The average Bonchev–Trinajstić information content (AvgIpc) is 3.10. The minimum absolute atomic E-state index is 0.0104. The van der Waals surface area contributed by atoms with Gasteiger partial charge in [-0.2, -0.15) is 0 Å². The van der Waals surface area contributed by atoms with Crippen molar-refractivity contribution in [3.05, 3.63) is 84.1 Å². The second-order valence-electron chi connectivity index (χ2n) is 6.87. The summed E-state index contributed by atoms with van der Waals surface area (Å²) in [6.45, 7) is 10.7. The zero-order valence-electron chi connectivity index (χ0n) is 17.9. The van der Waals surface area contributed by atoms with Crippen LogP contribution in [-0.4, -0.2) is 43.5 Å². The molecule has 158 valence electrons. The van der Waals surface area contributed by atoms with Crippen LogP contribution in [0.1, 0.15) is 32.2 Å². The van der Waals surface area contributed by atoms with Crippen LogP contribution in [0.3, 0.4) is 0 Å². The zero-order chi connectivity index (χ0) is 22.1. The molecule has 0 spiro atoms. The Labute approximate surface area is 177 Å². The molecule has 0 saturated carbocycles. The number of alkyl halides is 1. The molecule has 0 fully saturated rings. The van der Waals surface area contributed by atoms with Crippen molar-refractivity contribution in [3.8, 4) is 5.69 Å². The fourth-order valence-electron chi connectivity index (χ4n) is 2.86. The number of aromatic nitrogens is 4. The summed E-state index contributed by atoms with van der Waals surface area (Å²) in [6, 6.07) is 3.74. The molecule has 2 aromatic heterocycles. The number of carbonyl (C=O) groups is 1. The number of halogens is 1. The topological polar surface area (TPSA) is 63.9 Å². The first-order chi connectivity index (χ1) is 14.4. The zero-order valence-corrected chi connectivity index (χ0v) is 17.9. The summed E-state index contributed by atoms with van der Waals surface area (Å²) in [5.74, 6) is -0.276. The summed E-state index contributed by atoms with van der Waals surface area (Å²) in [5.41, 5.74) is 3.69. The number of pyridine rings is 1. The molecule has 2 aromatic rings. The van der Waals surface area contributed by atoms with E-state index in [9.17, 15) is 9.18 Å². The summed E-state index contributed by atoms with van der Waals surface area (Å²) in [6.07, 6.45) is 11.3. The third-order valence-corrected chi connectivity index (χ3v) is 4.48. The molecule has 0 radical (unpaired) electrons. The molecular weight excluding hydrogens is 381 g/mol.